The van der Waals surface area contributed by atoms with E-state index < -0.39 is 0 Å². The van der Waals surface area contributed by atoms with Gasteiger partial charge in [-0.3, -0.25) is 0 Å². The Balaban J connectivity index is 1.67. The second kappa shape index (κ2) is 4.93. The Morgan fingerprint density at radius 3 is 2.89 bits per heavy atom. The average Bonchev–Trinajstić information content (AvgIpc) is 2.38. The standard InChI is InChI=1S/C16H24N2/c1-2-16(9-5-10-16)18-12-13-8-11-17-15-7-4-3-6-14(13)15/h3-4,6-7,13,17-18H,2,5,8-12H2,1H3. The molecule has 1 fully saturated rings. The zero-order valence-electron chi connectivity index (χ0n) is 11.3. The van der Waals surface area contributed by atoms with Gasteiger partial charge in [-0.1, -0.05) is 25.1 Å². The highest BCUT2D eigenvalue weighted by Crippen LogP contribution is 2.36. The second-order valence-corrected chi connectivity index (χ2v) is 5.87. The largest absolute Gasteiger partial charge is 0.385 e. The Kier molecular flexibility index (Phi) is 3.29. The normalized spacial score (nSPS) is 24.8. The molecule has 0 spiro atoms. The van der Waals surface area contributed by atoms with Crippen molar-refractivity contribution in [3.05, 3.63) is 29.8 Å². The van der Waals surface area contributed by atoms with Gasteiger partial charge in [-0.2, -0.15) is 0 Å². The number of hydrogen-bond acceptors (Lipinski definition) is 2. The maximum absolute atomic E-state index is 3.87. The predicted octanol–water partition coefficient (Wildman–Crippen LogP) is 3.51. The lowest BCUT2D eigenvalue weighted by Gasteiger charge is -2.43. The van der Waals surface area contributed by atoms with Crippen molar-refractivity contribution in [2.45, 2.75) is 50.5 Å². The van der Waals surface area contributed by atoms with Crippen molar-refractivity contribution in [2.24, 2.45) is 0 Å². The van der Waals surface area contributed by atoms with Crippen molar-refractivity contribution in [1.29, 1.82) is 0 Å². The molecule has 0 amide bonds. The molecule has 0 radical (unpaired) electrons. The Morgan fingerprint density at radius 2 is 2.17 bits per heavy atom. The van der Waals surface area contributed by atoms with Gasteiger partial charge in [0.25, 0.3) is 0 Å². The fourth-order valence-electron chi connectivity index (χ4n) is 3.36. The van der Waals surface area contributed by atoms with E-state index in [1.54, 1.807) is 0 Å². The maximum Gasteiger partial charge on any atom is 0.0376 e. The minimum absolute atomic E-state index is 0.472. The number of rotatable bonds is 4. The van der Waals surface area contributed by atoms with Crippen LogP contribution in [0.5, 0.6) is 0 Å². The van der Waals surface area contributed by atoms with Crippen LogP contribution in [-0.2, 0) is 0 Å². The van der Waals surface area contributed by atoms with Gasteiger partial charge >= 0.3 is 0 Å². The molecule has 2 nitrogen and oxygen atoms in total. The first kappa shape index (κ1) is 12.0. The first-order valence-corrected chi connectivity index (χ1v) is 7.41. The molecule has 1 aliphatic carbocycles. The van der Waals surface area contributed by atoms with Crippen molar-refractivity contribution in [2.75, 3.05) is 18.4 Å². The molecule has 2 heteroatoms. The van der Waals surface area contributed by atoms with Crippen molar-refractivity contribution in [3.8, 4) is 0 Å². The summed E-state index contributed by atoms with van der Waals surface area (Å²) in [5.74, 6) is 0.687. The van der Waals surface area contributed by atoms with Gasteiger partial charge in [-0.25, -0.2) is 0 Å². The van der Waals surface area contributed by atoms with Crippen molar-refractivity contribution >= 4 is 5.69 Å². The Morgan fingerprint density at radius 1 is 1.33 bits per heavy atom. The van der Waals surface area contributed by atoms with Crippen LogP contribution in [0.4, 0.5) is 5.69 Å². The Bertz CT molecular complexity index is 404. The fourth-order valence-corrected chi connectivity index (χ4v) is 3.36. The maximum atomic E-state index is 3.87. The summed E-state index contributed by atoms with van der Waals surface area (Å²) >= 11 is 0. The van der Waals surface area contributed by atoms with Crippen LogP contribution in [0.1, 0.15) is 50.5 Å². The smallest absolute Gasteiger partial charge is 0.0376 e. The fraction of sp³-hybridized carbons (Fsp3) is 0.625. The zero-order valence-corrected chi connectivity index (χ0v) is 11.3. The van der Waals surface area contributed by atoms with Crippen molar-refractivity contribution < 1.29 is 0 Å². The highest BCUT2D eigenvalue weighted by atomic mass is 15.0. The first-order chi connectivity index (χ1) is 8.83. The monoisotopic (exact) mass is 244 g/mol. The lowest BCUT2D eigenvalue weighted by Crippen LogP contribution is -2.51. The number of nitrogens with one attached hydrogen (secondary N) is 2. The van der Waals surface area contributed by atoms with E-state index in [2.05, 4.69) is 41.8 Å². The van der Waals surface area contributed by atoms with E-state index in [4.69, 9.17) is 0 Å². The van der Waals surface area contributed by atoms with Crippen LogP contribution in [0, 0.1) is 0 Å². The van der Waals surface area contributed by atoms with Gasteiger partial charge in [0.1, 0.15) is 0 Å². The number of para-hydroxylation sites is 1. The summed E-state index contributed by atoms with van der Waals surface area (Å²) in [6.45, 7) is 4.58. The summed E-state index contributed by atoms with van der Waals surface area (Å²) in [5.41, 5.74) is 3.32. The molecule has 2 aliphatic rings. The van der Waals surface area contributed by atoms with Crippen LogP contribution in [0.2, 0.25) is 0 Å². The molecule has 1 aromatic rings. The number of hydrogen-bond donors (Lipinski definition) is 2. The van der Waals surface area contributed by atoms with Crippen molar-refractivity contribution in [1.82, 2.24) is 5.32 Å². The first-order valence-electron chi connectivity index (χ1n) is 7.41. The second-order valence-electron chi connectivity index (χ2n) is 5.87. The molecule has 1 aromatic carbocycles. The summed E-state index contributed by atoms with van der Waals surface area (Å²) in [4.78, 5) is 0. The van der Waals surface area contributed by atoms with Gasteiger partial charge in [0.05, 0.1) is 0 Å². The molecular formula is C16H24N2. The highest BCUT2D eigenvalue weighted by molar-refractivity contribution is 5.54. The van der Waals surface area contributed by atoms with E-state index in [1.807, 2.05) is 0 Å². The minimum atomic E-state index is 0.472. The molecular weight excluding hydrogens is 220 g/mol. The lowest BCUT2D eigenvalue weighted by atomic mass is 9.74. The van der Waals surface area contributed by atoms with E-state index in [0.29, 0.717) is 11.5 Å². The lowest BCUT2D eigenvalue weighted by molar-refractivity contribution is 0.173. The molecule has 1 unspecified atom stereocenters. The molecule has 0 aromatic heterocycles. The van der Waals surface area contributed by atoms with E-state index in [-0.39, 0.29) is 0 Å². The van der Waals surface area contributed by atoms with Crippen LogP contribution in [0.25, 0.3) is 0 Å². The van der Waals surface area contributed by atoms with E-state index in [9.17, 15) is 0 Å². The summed E-state index contributed by atoms with van der Waals surface area (Å²) in [6.07, 6.45) is 6.68. The van der Waals surface area contributed by atoms with E-state index in [0.717, 1.165) is 13.1 Å². The minimum Gasteiger partial charge on any atom is -0.385 e. The van der Waals surface area contributed by atoms with Crippen LogP contribution < -0.4 is 10.6 Å². The van der Waals surface area contributed by atoms with Crippen LogP contribution in [0.3, 0.4) is 0 Å². The highest BCUT2D eigenvalue weighted by Gasteiger charge is 2.35. The van der Waals surface area contributed by atoms with Gasteiger partial charge < -0.3 is 10.6 Å². The number of fused-ring (bicyclic) bond motifs is 1. The summed E-state index contributed by atoms with van der Waals surface area (Å²) in [5, 5.41) is 7.37. The molecule has 2 N–H and O–H groups in total. The predicted molar refractivity (Wildman–Crippen MR) is 77.2 cm³/mol. The SMILES string of the molecule is CCC1(NCC2CCNc3ccccc32)CCC1. The topological polar surface area (TPSA) is 24.1 Å². The van der Waals surface area contributed by atoms with Gasteiger partial charge in [0, 0.05) is 30.2 Å². The summed E-state index contributed by atoms with van der Waals surface area (Å²) in [7, 11) is 0. The Hall–Kier alpha value is -1.02. The van der Waals surface area contributed by atoms with E-state index >= 15 is 0 Å². The zero-order chi connectivity index (χ0) is 12.4. The van der Waals surface area contributed by atoms with Gasteiger partial charge in [0.15, 0.2) is 0 Å². The molecule has 0 saturated heterocycles. The molecule has 3 rings (SSSR count). The summed E-state index contributed by atoms with van der Waals surface area (Å²) < 4.78 is 0. The molecule has 1 saturated carbocycles. The number of benzene rings is 1. The molecule has 18 heavy (non-hydrogen) atoms. The Labute approximate surface area is 110 Å². The molecule has 1 aliphatic heterocycles. The van der Waals surface area contributed by atoms with E-state index in [1.165, 1.54) is 43.4 Å². The molecule has 98 valence electrons. The van der Waals surface area contributed by atoms with Gasteiger partial charge in [-0.05, 0) is 43.7 Å². The quantitative estimate of drug-likeness (QED) is 0.847. The molecule has 1 atom stereocenters. The third kappa shape index (κ3) is 2.14. The van der Waals surface area contributed by atoms with Crippen LogP contribution in [-0.4, -0.2) is 18.6 Å². The third-order valence-corrected chi connectivity index (χ3v) is 4.92. The average molecular weight is 244 g/mol. The van der Waals surface area contributed by atoms with Crippen LogP contribution >= 0.6 is 0 Å². The third-order valence-electron chi connectivity index (χ3n) is 4.92. The number of anilines is 1. The van der Waals surface area contributed by atoms with Gasteiger partial charge in [0.2, 0.25) is 0 Å². The molecule has 0 bridgehead atoms. The summed E-state index contributed by atoms with van der Waals surface area (Å²) in [6, 6.07) is 8.78. The van der Waals surface area contributed by atoms with Crippen LogP contribution in [0.15, 0.2) is 24.3 Å². The van der Waals surface area contributed by atoms with Crippen molar-refractivity contribution in [3.63, 3.8) is 0 Å². The van der Waals surface area contributed by atoms with Gasteiger partial charge in [-0.15, -0.1) is 0 Å². The molecule has 1 heterocycles.